The molecule has 1 aromatic heterocycles. The fourth-order valence-electron chi connectivity index (χ4n) is 4.24. The maximum absolute atomic E-state index is 4.85. The highest BCUT2D eigenvalue weighted by Gasteiger charge is 2.27. The van der Waals surface area contributed by atoms with E-state index in [-0.39, 0.29) is 0 Å². The van der Waals surface area contributed by atoms with Crippen molar-refractivity contribution >= 4 is 5.82 Å². The Kier molecular flexibility index (Phi) is 4.52. The molecule has 0 aliphatic carbocycles. The molecule has 0 radical (unpaired) electrons. The SMILES string of the molecule is Cc1cc(C2CCCN2Cc2ccccc2)cnc1N1CCCC1. The molecule has 0 N–H and O–H groups in total. The third kappa shape index (κ3) is 3.18. The van der Waals surface area contributed by atoms with Gasteiger partial charge in [-0.25, -0.2) is 4.98 Å². The fourth-order valence-corrected chi connectivity index (χ4v) is 4.24. The molecule has 2 saturated heterocycles. The molecule has 4 rings (SSSR count). The van der Waals surface area contributed by atoms with Crippen LogP contribution >= 0.6 is 0 Å². The van der Waals surface area contributed by atoms with E-state index >= 15 is 0 Å². The Labute approximate surface area is 145 Å². The van der Waals surface area contributed by atoms with E-state index in [2.05, 4.69) is 59.3 Å². The van der Waals surface area contributed by atoms with E-state index in [0.29, 0.717) is 6.04 Å². The second kappa shape index (κ2) is 6.94. The van der Waals surface area contributed by atoms with E-state index < -0.39 is 0 Å². The standard InChI is InChI=1S/C21H27N3/c1-17-14-19(15-22-21(17)23-11-5-6-12-23)20-10-7-13-24(20)16-18-8-3-2-4-9-18/h2-4,8-9,14-15,20H,5-7,10-13,16H2,1H3. The Hall–Kier alpha value is -1.87. The summed E-state index contributed by atoms with van der Waals surface area (Å²) in [5.41, 5.74) is 4.13. The Morgan fingerprint density at radius 1 is 1.04 bits per heavy atom. The fraction of sp³-hybridized carbons (Fsp3) is 0.476. The molecule has 0 bridgehead atoms. The summed E-state index contributed by atoms with van der Waals surface area (Å²) < 4.78 is 0. The maximum atomic E-state index is 4.85. The molecule has 1 unspecified atom stereocenters. The smallest absolute Gasteiger partial charge is 0.131 e. The highest BCUT2D eigenvalue weighted by molar-refractivity contribution is 5.48. The number of rotatable bonds is 4. The van der Waals surface area contributed by atoms with Crippen LogP contribution in [-0.2, 0) is 6.54 Å². The van der Waals surface area contributed by atoms with Gasteiger partial charge in [0.05, 0.1) is 0 Å². The van der Waals surface area contributed by atoms with Gasteiger partial charge in [0.1, 0.15) is 5.82 Å². The summed E-state index contributed by atoms with van der Waals surface area (Å²) in [5.74, 6) is 1.20. The normalized spacial score (nSPS) is 21.5. The average molecular weight is 321 g/mol. The zero-order valence-electron chi connectivity index (χ0n) is 14.6. The quantitative estimate of drug-likeness (QED) is 0.835. The Morgan fingerprint density at radius 2 is 1.83 bits per heavy atom. The highest BCUT2D eigenvalue weighted by Crippen LogP contribution is 2.34. The molecule has 3 nitrogen and oxygen atoms in total. The minimum atomic E-state index is 0.518. The first-order valence-corrected chi connectivity index (χ1v) is 9.31. The zero-order valence-corrected chi connectivity index (χ0v) is 14.6. The lowest BCUT2D eigenvalue weighted by Gasteiger charge is -2.26. The number of likely N-dealkylation sites (tertiary alicyclic amines) is 1. The van der Waals surface area contributed by atoms with Gasteiger partial charge in [-0.15, -0.1) is 0 Å². The van der Waals surface area contributed by atoms with Crippen molar-refractivity contribution < 1.29 is 0 Å². The van der Waals surface area contributed by atoms with Gasteiger partial charge in [-0.3, -0.25) is 4.90 Å². The first-order chi connectivity index (χ1) is 11.8. The first-order valence-electron chi connectivity index (χ1n) is 9.31. The van der Waals surface area contributed by atoms with E-state index in [0.717, 1.165) is 19.6 Å². The van der Waals surface area contributed by atoms with Crippen molar-refractivity contribution in [3.8, 4) is 0 Å². The first kappa shape index (κ1) is 15.6. The van der Waals surface area contributed by atoms with Crippen molar-refractivity contribution in [2.24, 2.45) is 0 Å². The number of hydrogen-bond acceptors (Lipinski definition) is 3. The summed E-state index contributed by atoms with van der Waals surface area (Å²) in [5, 5.41) is 0. The molecule has 24 heavy (non-hydrogen) atoms. The van der Waals surface area contributed by atoms with Gasteiger partial charge in [0.15, 0.2) is 0 Å². The monoisotopic (exact) mass is 321 g/mol. The summed E-state index contributed by atoms with van der Waals surface area (Å²) in [6.45, 7) is 6.78. The van der Waals surface area contributed by atoms with Crippen molar-refractivity contribution in [3.05, 3.63) is 59.3 Å². The predicted octanol–water partition coefficient (Wildman–Crippen LogP) is 4.33. The molecule has 1 aromatic carbocycles. The number of benzene rings is 1. The summed E-state index contributed by atoms with van der Waals surface area (Å²) in [7, 11) is 0. The van der Waals surface area contributed by atoms with E-state index in [1.807, 2.05) is 0 Å². The summed E-state index contributed by atoms with van der Waals surface area (Å²) in [6, 6.07) is 13.7. The summed E-state index contributed by atoms with van der Waals surface area (Å²) in [4.78, 5) is 9.90. The second-order valence-corrected chi connectivity index (χ2v) is 7.22. The largest absolute Gasteiger partial charge is 0.356 e. The Balaban J connectivity index is 1.52. The molecule has 126 valence electrons. The minimum absolute atomic E-state index is 0.518. The van der Waals surface area contributed by atoms with Crippen molar-refractivity contribution in [1.82, 2.24) is 9.88 Å². The lowest BCUT2D eigenvalue weighted by Crippen LogP contribution is -2.24. The lowest BCUT2D eigenvalue weighted by molar-refractivity contribution is 0.248. The minimum Gasteiger partial charge on any atom is -0.356 e. The van der Waals surface area contributed by atoms with Crippen LogP contribution in [0, 0.1) is 6.92 Å². The van der Waals surface area contributed by atoms with Crippen molar-refractivity contribution in [3.63, 3.8) is 0 Å². The van der Waals surface area contributed by atoms with Crippen LogP contribution in [0.1, 0.15) is 48.4 Å². The average Bonchev–Trinajstić information content (AvgIpc) is 3.27. The molecule has 3 heteroatoms. The number of aryl methyl sites for hydroxylation is 1. The van der Waals surface area contributed by atoms with Crippen LogP contribution in [0.2, 0.25) is 0 Å². The molecule has 3 heterocycles. The van der Waals surface area contributed by atoms with Gasteiger partial charge in [-0.2, -0.15) is 0 Å². The molecule has 2 aliphatic rings. The van der Waals surface area contributed by atoms with Gasteiger partial charge in [0.2, 0.25) is 0 Å². The Morgan fingerprint density at radius 3 is 2.58 bits per heavy atom. The van der Waals surface area contributed by atoms with Crippen LogP contribution in [0.15, 0.2) is 42.6 Å². The van der Waals surface area contributed by atoms with Gasteiger partial charge < -0.3 is 4.90 Å². The molecule has 0 amide bonds. The van der Waals surface area contributed by atoms with Crippen molar-refractivity contribution in [1.29, 1.82) is 0 Å². The molecule has 0 saturated carbocycles. The lowest BCUT2D eigenvalue weighted by atomic mass is 10.0. The summed E-state index contributed by atoms with van der Waals surface area (Å²) in [6.07, 6.45) is 7.27. The van der Waals surface area contributed by atoms with Crippen molar-refractivity contribution in [2.45, 2.75) is 45.2 Å². The number of hydrogen-bond donors (Lipinski definition) is 0. The highest BCUT2D eigenvalue weighted by atomic mass is 15.2. The Bertz CT molecular complexity index is 677. The molecule has 2 aliphatic heterocycles. The van der Waals surface area contributed by atoms with Crippen molar-refractivity contribution in [2.75, 3.05) is 24.5 Å². The molecule has 0 spiro atoms. The molecular weight excluding hydrogens is 294 g/mol. The van der Waals surface area contributed by atoms with Crippen LogP contribution in [0.25, 0.3) is 0 Å². The van der Waals surface area contributed by atoms with Gasteiger partial charge in [0, 0.05) is 31.9 Å². The van der Waals surface area contributed by atoms with Crippen LogP contribution in [0.4, 0.5) is 5.82 Å². The third-order valence-electron chi connectivity index (χ3n) is 5.45. The molecule has 2 aromatic rings. The zero-order chi connectivity index (χ0) is 16.4. The van der Waals surface area contributed by atoms with E-state index in [1.165, 1.54) is 54.7 Å². The number of pyridine rings is 1. The van der Waals surface area contributed by atoms with Gasteiger partial charge in [-0.05, 0) is 61.9 Å². The van der Waals surface area contributed by atoms with Gasteiger partial charge in [0.25, 0.3) is 0 Å². The molecule has 1 atom stereocenters. The summed E-state index contributed by atoms with van der Waals surface area (Å²) >= 11 is 0. The van der Waals surface area contributed by atoms with Crippen LogP contribution in [-0.4, -0.2) is 29.5 Å². The number of aromatic nitrogens is 1. The third-order valence-corrected chi connectivity index (χ3v) is 5.45. The maximum Gasteiger partial charge on any atom is 0.131 e. The topological polar surface area (TPSA) is 19.4 Å². The van der Waals surface area contributed by atoms with E-state index in [4.69, 9.17) is 4.98 Å². The van der Waals surface area contributed by atoms with Gasteiger partial charge in [-0.1, -0.05) is 30.3 Å². The van der Waals surface area contributed by atoms with E-state index in [9.17, 15) is 0 Å². The van der Waals surface area contributed by atoms with Crippen LogP contribution in [0.5, 0.6) is 0 Å². The number of nitrogens with zero attached hydrogens (tertiary/aromatic N) is 3. The second-order valence-electron chi connectivity index (χ2n) is 7.22. The van der Waals surface area contributed by atoms with Crippen LogP contribution < -0.4 is 4.90 Å². The van der Waals surface area contributed by atoms with Gasteiger partial charge >= 0.3 is 0 Å². The molecular formula is C21H27N3. The van der Waals surface area contributed by atoms with E-state index in [1.54, 1.807) is 0 Å². The number of anilines is 1. The predicted molar refractivity (Wildman–Crippen MR) is 99.2 cm³/mol. The van der Waals surface area contributed by atoms with Crippen LogP contribution in [0.3, 0.4) is 0 Å². The molecule has 2 fully saturated rings.